The van der Waals surface area contributed by atoms with E-state index in [2.05, 4.69) is 10.3 Å². The van der Waals surface area contributed by atoms with E-state index < -0.39 is 10.8 Å². The van der Waals surface area contributed by atoms with Gasteiger partial charge >= 0.3 is 0 Å². The molecule has 1 amide bonds. The summed E-state index contributed by atoms with van der Waals surface area (Å²) in [5.41, 5.74) is 5.65. The average Bonchev–Trinajstić information content (AvgIpc) is 2.14. The van der Waals surface area contributed by atoms with Crippen molar-refractivity contribution in [1.82, 2.24) is 10.3 Å². The van der Waals surface area contributed by atoms with Crippen LogP contribution in [0.1, 0.15) is 20.8 Å². The Morgan fingerprint density at radius 3 is 2.71 bits per heavy atom. The van der Waals surface area contributed by atoms with E-state index in [1.54, 1.807) is 6.07 Å². The molecule has 3 N–H and O–H groups in total. The number of carbonyl (C=O) groups excluding carboxylic acids is 1. The summed E-state index contributed by atoms with van der Waals surface area (Å²) in [4.78, 5) is 15.8. The highest BCUT2D eigenvalue weighted by Crippen LogP contribution is 2.14. The summed E-state index contributed by atoms with van der Waals surface area (Å²) in [6, 6.07) is 1.57. The minimum absolute atomic E-state index is 0.0918. The first-order chi connectivity index (χ1) is 7.79. The number of carbonyl (C=O) groups is 1. The Kier molecular flexibility index (Phi) is 4.22. The van der Waals surface area contributed by atoms with Gasteiger partial charge in [0, 0.05) is 11.7 Å². The molecule has 0 aromatic carbocycles. The highest BCUT2D eigenvalue weighted by atomic mass is 32.2. The molecule has 5 nitrogen and oxygen atoms in total. The summed E-state index contributed by atoms with van der Waals surface area (Å²) in [6.07, 6.45) is 2.93. The number of nitrogens with zero attached hydrogens (tertiary/aromatic N) is 1. The van der Waals surface area contributed by atoms with E-state index in [0.29, 0.717) is 10.6 Å². The van der Waals surface area contributed by atoms with Crippen LogP contribution in [-0.4, -0.2) is 26.4 Å². The van der Waals surface area contributed by atoms with Crippen LogP contribution in [0.2, 0.25) is 0 Å². The highest BCUT2D eigenvalue weighted by Gasteiger charge is 2.17. The summed E-state index contributed by atoms with van der Waals surface area (Å²) < 4.78 is 11.9. The molecule has 0 aliphatic carbocycles. The van der Waals surface area contributed by atoms with Crippen LogP contribution in [0.15, 0.2) is 23.4 Å². The normalized spacial score (nSPS) is 13.1. The second kappa shape index (κ2) is 5.27. The topological polar surface area (TPSA) is 85.1 Å². The Balaban J connectivity index is 2.68. The molecule has 0 fully saturated rings. The lowest BCUT2D eigenvalue weighted by Gasteiger charge is -2.20. The van der Waals surface area contributed by atoms with Gasteiger partial charge in [-0.15, -0.1) is 0 Å². The third-order valence-corrected chi connectivity index (χ3v) is 3.22. The van der Waals surface area contributed by atoms with Gasteiger partial charge in [0.05, 0.1) is 27.6 Å². The number of aromatic nitrogens is 1. The monoisotopic (exact) mass is 255 g/mol. The summed E-state index contributed by atoms with van der Waals surface area (Å²) in [5.74, 6) is -0.349. The van der Waals surface area contributed by atoms with Crippen molar-refractivity contribution in [1.29, 1.82) is 0 Å². The zero-order valence-corrected chi connectivity index (χ0v) is 11.0. The molecule has 1 heterocycles. The minimum atomic E-state index is -1.44. The standard InChI is InChI=1S/C11H17N3O2S/c1-11(2,3)14-10(15)7-17(16)9-4-5-13-6-8(9)12/h4-6H,7,12H2,1-3H3,(H,14,15). The molecule has 1 unspecified atom stereocenters. The van der Waals surface area contributed by atoms with E-state index in [0.717, 1.165) is 0 Å². The first kappa shape index (κ1) is 13.6. The number of nitrogens with one attached hydrogen (secondary N) is 1. The molecule has 1 aromatic rings. The van der Waals surface area contributed by atoms with E-state index in [9.17, 15) is 9.00 Å². The molecule has 0 saturated carbocycles. The molecule has 1 rings (SSSR count). The van der Waals surface area contributed by atoms with Crippen LogP contribution in [0.25, 0.3) is 0 Å². The van der Waals surface area contributed by atoms with Crippen molar-refractivity contribution in [2.75, 3.05) is 11.5 Å². The minimum Gasteiger partial charge on any atom is -0.396 e. The van der Waals surface area contributed by atoms with Crippen molar-refractivity contribution in [2.24, 2.45) is 0 Å². The van der Waals surface area contributed by atoms with Crippen molar-refractivity contribution in [3.63, 3.8) is 0 Å². The number of rotatable bonds is 3. The number of pyridine rings is 1. The Hall–Kier alpha value is -1.43. The lowest BCUT2D eigenvalue weighted by Crippen LogP contribution is -2.42. The number of nitrogen functional groups attached to an aromatic ring is 1. The van der Waals surface area contributed by atoms with Gasteiger partial charge in [-0.05, 0) is 26.8 Å². The number of hydrogen-bond donors (Lipinski definition) is 2. The maximum absolute atomic E-state index is 11.9. The van der Waals surface area contributed by atoms with Gasteiger partial charge in [0.2, 0.25) is 5.91 Å². The van der Waals surface area contributed by atoms with Gasteiger partial charge in [0.25, 0.3) is 0 Å². The van der Waals surface area contributed by atoms with Crippen LogP contribution >= 0.6 is 0 Å². The molecule has 94 valence electrons. The molecule has 1 aromatic heterocycles. The highest BCUT2D eigenvalue weighted by molar-refractivity contribution is 7.86. The molecule has 6 heteroatoms. The Labute approximate surface area is 103 Å². The number of nitrogens with two attached hydrogens (primary N) is 1. The van der Waals surface area contributed by atoms with Gasteiger partial charge in [-0.25, -0.2) is 0 Å². The van der Waals surface area contributed by atoms with Gasteiger partial charge < -0.3 is 11.1 Å². The largest absolute Gasteiger partial charge is 0.396 e. The molecule has 0 spiro atoms. The number of amides is 1. The van der Waals surface area contributed by atoms with Crippen LogP contribution in [0.5, 0.6) is 0 Å². The van der Waals surface area contributed by atoms with Crippen LogP contribution in [0.4, 0.5) is 5.69 Å². The van der Waals surface area contributed by atoms with E-state index >= 15 is 0 Å². The lowest BCUT2D eigenvalue weighted by atomic mass is 10.1. The molecule has 0 aliphatic heterocycles. The maximum atomic E-state index is 11.9. The van der Waals surface area contributed by atoms with Crippen molar-refractivity contribution >= 4 is 22.4 Å². The average molecular weight is 255 g/mol. The van der Waals surface area contributed by atoms with Gasteiger partial charge in [0.1, 0.15) is 5.75 Å². The SMILES string of the molecule is CC(C)(C)NC(=O)CS(=O)c1ccncc1N. The molecule has 0 saturated heterocycles. The zero-order chi connectivity index (χ0) is 13.1. The van der Waals surface area contributed by atoms with E-state index in [1.165, 1.54) is 12.4 Å². The Bertz CT molecular complexity index is 441. The van der Waals surface area contributed by atoms with Crippen LogP contribution < -0.4 is 11.1 Å². The van der Waals surface area contributed by atoms with E-state index in [4.69, 9.17) is 5.73 Å². The van der Waals surface area contributed by atoms with Crippen molar-refractivity contribution in [3.8, 4) is 0 Å². The second-order valence-corrected chi connectivity index (χ2v) is 6.12. The van der Waals surface area contributed by atoms with Crippen molar-refractivity contribution in [2.45, 2.75) is 31.2 Å². The Morgan fingerprint density at radius 1 is 1.53 bits per heavy atom. The van der Waals surface area contributed by atoms with Gasteiger partial charge in [-0.3, -0.25) is 14.0 Å². The van der Waals surface area contributed by atoms with Crippen molar-refractivity contribution in [3.05, 3.63) is 18.5 Å². The van der Waals surface area contributed by atoms with E-state index in [-0.39, 0.29) is 17.2 Å². The smallest absolute Gasteiger partial charge is 0.233 e. The molecule has 17 heavy (non-hydrogen) atoms. The van der Waals surface area contributed by atoms with Crippen LogP contribution in [-0.2, 0) is 15.6 Å². The van der Waals surface area contributed by atoms with Crippen molar-refractivity contribution < 1.29 is 9.00 Å². The fraction of sp³-hybridized carbons (Fsp3) is 0.455. The predicted octanol–water partition coefficient (Wildman–Crippen LogP) is 0.686. The molecule has 0 aliphatic rings. The third kappa shape index (κ3) is 4.52. The molecule has 0 radical (unpaired) electrons. The van der Waals surface area contributed by atoms with Gasteiger partial charge in [-0.1, -0.05) is 0 Å². The lowest BCUT2D eigenvalue weighted by molar-refractivity contribution is -0.119. The van der Waals surface area contributed by atoms with Crippen LogP contribution in [0.3, 0.4) is 0 Å². The summed E-state index contributed by atoms with van der Waals surface area (Å²) in [7, 11) is -1.44. The summed E-state index contributed by atoms with van der Waals surface area (Å²) in [5, 5.41) is 2.75. The molecule has 1 atom stereocenters. The molecular formula is C11H17N3O2S. The number of hydrogen-bond acceptors (Lipinski definition) is 4. The van der Waals surface area contributed by atoms with E-state index in [1.807, 2.05) is 20.8 Å². The van der Waals surface area contributed by atoms with Crippen LogP contribution in [0, 0.1) is 0 Å². The first-order valence-corrected chi connectivity index (χ1v) is 6.50. The third-order valence-electron chi connectivity index (χ3n) is 1.83. The van der Waals surface area contributed by atoms with Gasteiger partial charge in [0.15, 0.2) is 0 Å². The predicted molar refractivity (Wildman–Crippen MR) is 67.8 cm³/mol. The number of anilines is 1. The molecular weight excluding hydrogens is 238 g/mol. The summed E-state index contributed by atoms with van der Waals surface area (Å²) in [6.45, 7) is 5.61. The van der Waals surface area contributed by atoms with Gasteiger partial charge in [-0.2, -0.15) is 0 Å². The fourth-order valence-electron chi connectivity index (χ4n) is 1.25. The summed E-state index contributed by atoms with van der Waals surface area (Å²) >= 11 is 0. The quantitative estimate of drug-likeness (QED) is 0.832. The molecule has 0 bridgehead atoms. The second-order valence-electron chi connectivity index (χ2n) is 4.70. The Morgan fingerprint density at radius 2 is 2.18 bits per heavy atom. The zero-order valence-electron chi connectivity index (χ0n) is 10.2. The maximum Gasteiger partial charge on any atom is 0.233 e. The fourth-order valence-corrected chi connectivity index (χ4v) is 2.25. The first-order valence-electron chi connectivity index (χ1n) is 5.18.